The first-order chi connectivity index (χ1) is 12.2. The normalized spacial score (nSPS) is 21.0. The number of nitrogens with zero attached hydrogens (tertiary/aromatic N) is 1. The molecule has 136 valence electrons. The Morgan fingerprint density at radius 2 is 1.76 bits per heavy atom. The number of likely N-dealkylation sites (tertiary alicyclic amines) is 1. The first kappa shape index (κ1) is 17.9. The summed E-state index contributed by atoms with van der Waals surface area (Å²) in [5.41, 5.74) is 1.43. The van der Waals surface area contributed by atoms with Gasteiger partial charge in [0.15, 0.2) is 0 Å². The number of amides is 2. The van der Waals surface area contributed by atoms with E-state index in [0.29, 0.717) is 12.0 Å². The van der Waals surface area contributed by atoms with Crippen LogP contribution >= 0.6 is 0 Å². The van der Waals surface area contributed by atoms with Crippen molar-refractivity contribution < 1.29 is 14.3 Å². The molecule has 0 saturated carbocycles. The van der Waals surface area contributed by atoms with Crippen molar-refractivity contribution in [1.82, 2.24) is 4.90 Å². The standard InChI is InChI=1S/C20H28N2O3/c23-19(12-11-18-6-5-15-25-18)21-17-9-7-16(8-10-17)20(24)22-13-3-1-2-4-14-22/h7-10,18H,1-6,11-15H2,(H,21,23). The van der Waals surface area contributed by atoms with Gasteiger partial charge < -0.3 is 15.0 Å². The lowest BCUT2D eigenvalue weighted by Crippen LogP contribution is -2.31. The van der Waals surface area contributed by atoms with Gasteiger partial charge in [0.1, 0.15) is 0 Å². The molecule has 2 aliphatic heterocycles. The van der Waals surface area contributed by atoms with Gasteiger partial charge in [-0.3, -0.25) is 9.59 Å². The molecule has 0 bridgehead atoms. The smallest absolute Gasteiger partial charge is 0.253 e. The minimum Gasteiger partial charge on any atom is -0.378 e. The van der Waals surface area contributed by atoms with Crippen LogP contribution < -0.4 is 5.32 Å². The van der Waals surface area contributed by atoms with Gasteiger partial charge >= 0.3 is 0 Å². The number of ether oxygens (including phenoxy) is 1. The minimum atomic E-state index is 0.00194. The van der Waals surface area contributed by atoms with Crippen molar-refractivity contribution in [3.8, 4) is 0 Å². The molecule has 0 aromatic heterocycles. The van der Waals surface area contributed by atoms with E-state index in [0.717, 1.165) is 57.5 Å². The summed E-state index contributed by atoms with van der Waals surface area (Å²) in [4.78, 5) is 26.5. The first-order valence-corrected chi connectivity index (χ1v) is 9.53. The van der Waals surface area contributed by atoms with Crippen LogP contribution in [-0.4, -0.2) is 42.5 Å². The lowest BCUT2D eigenvalue weighted by Gasteiger charge is -2.20. The van der Waals surface area contributed by atoms with Gasteiger partial charge in [-0.05, 0) is 56.4 Å². The molecule has 2 amide bonds. The van der Waals surface area contributed by atoms with Crippen LogP contribution in [0.15, 0.2) is 24.3 Å². The summed E-state index contributed by atoms with van der Waals surface area (Å²) in [5, 5.41) is 2.90. The van der Waals surface area contributed by atoms with Crippen molar-refractivity contribution in [3.63, 3.8) is 0 Å². The second kappa shape index (κ2) is 8.99. The Kier molecular flexibility index (Phi) is 6.45. The molecule has 1 unspecified atom stereocenters. The second-order valence-electron chi connectivity index (χ2n) is 7.01. The Hall–Kier alpha value is -1.88. The highest BCUT2D eigenvalue weighted by Gasteiger charge is 2.18. The Bertz CT molecular complexity index is 571. The van der Waals surface area contributed by atoms with Crippen LogP contribution in [-0.2, 0) is 9.53 Å². The molecular weight excluding hydrogens is 316 g/mol. The largest absolute Gasteiger partial charge is 0.378 e. The SMILES string of the molecule is O=C(CCC1CCCO1)Nc1ccc(C(=O)N2CCCCCC2)cc1. The Balaban J connectivity index is 1.49. The van der Waals surface area contributed by atoms with Crippen LogP contribution in [0.5, 0.6) is 0 Å². The van der Waals surface area contributed by atoms with Crippen LogP contribution in [0.2, 0.25) is 0 Å². The number of benzene rings is 1. The average molecular weight is 344 g/mol. The molecule has 3 rings (SSSR count). The zero-order chi connectivity index (χ0) is 17.5. The molecule has 2 aliphatic rings. The summed E-state index contributed by atoms with van der Waals surface area (Å²) in [6, 6.07) is 7.25. The maximum Gasteiger partial charge on any atom is 0.253 e. The van der Waals surface area contributed by atoms with E-state index in [4.69, 9.17) is 4.74 Å². The molecule has 0 spiro atoms. The third-order valence-electron chi connectivity index (χ3n) is 5.03. The van der Waals surface area contributed by atoms with Crippen LogP contribution in [0.4, 0.5) is 5.69 Å². The van der Waals surface area contributed by atoms with Crippen LogP contribution in [0.25, 0.3) is 0 Å². The summed E-state index contributed by atoms with van der Waals surface area (Å²) >= 11 is 0. The molecule has 2 heterocycles. The average Bonchev–Trinajstić information content (AvgIpc) is 3.00. The van der Waals surface area contributed by atoms with Crippen molar-refractivity contribution in [2.24, 2.45) is 0 Å². The molecule has 0 radical (unpaired) electrons. The number of nitrogens with one attached hydrogen (secondary N) is 1. The van der Waals surface area contributed by atoms with Crippen LogP contribution in [0.1, 0.15) is 61.7 Å². The van der Waals surface area contributed by atoms with Crippen molar-refractivity contribution >= 4 is 17.5 Å². The molecule has 0 aliphatic carbocycles. The molecule has 1 N–H and O–H groups in total. The highest BCUT2D eigenvalue weighted by atomic mass is 16.5. The van der Waals surface area contributed by atoms with E-state index in [9.17, 15) is 9.59 Å². The number of anilines is 1. The first-order valence-electron chi connectivity index (χ1n) is 9.53. The van der Waals surface area contributed by atoms with Gasteiger partial charge in [0, 0.05) is 37.4 Å². The summed E-state index contributed by atoms with van der Waals surface area (Å²) < 4.78 is 5.54. The van der Waals surface area contributed by atoms with E-state index in [1.54, 1.807) is 0 Å². The third kappa shape index (κ3) is 5.30. The van der Waals surface area contributed by atoms with Crippen molar-refractivity contribution in [1.29, 1.82) is 0 Å². The fourth-order valence-corrected chi connectivity index (χ4v) is 3.54. The van der Waals surface area contributed by atoms with Gasteiger partial charge in [0.25, 0.3) is 5.91 Å². The minimum absolute atomic E-state index is 0.00194. The van der Waals surface area contributed by atoms with Crippen LogP contribution in [0.3, 0.4) is 0 Å². The number of hydrogen-bond acceptors (Lipinski definition) is 3. The fraction of sp³-hybridized carbons (Fsp3) is 0.600. The summed E-state index contributed by atoms with van der Waals surface area (Å²) in [5.74, 6) is 0.0975. The lowest BCUT2D eigenvalue weighted by molar-refractivity contribution is -0.116. The third-order valence-corrected chi connectivity index (χ3v) is 5.03. The van der Waals surface area contributed by atoms with Gasteiger partial charge in [0.2, 0.25) is 5.91 Å². The van der Waals surface area contributed by atoms with Gasteiger partial charge in [-0.15, -0.1) is 0 Å². The predicted octanol–water partition coefficient (Wildman–Crippen LogP) is 3.60. The second-order valence-corrected chi connectivity index (χ2v) is 7.01. The molecule has 5 heteroatoms. The number of carbonyl (C=O) groups excluding carboxylic acids is 2. The molecule has 1 atom stereocenters. The van der Waals surface area contributed by atoms with E-state index in [1.807, 2.05) is 29.2 Å². The van der Waals surface area contributed by atoms with Gasteiger partial charge in [-0.25, -0.2) is 0 Å². The van der Waals surface area contributed by atoms with E-state index in [-0.39, 0.29) is 17.9 Å². The summed E-state index contributed by atoms with van der Waals surface area (Å²) in [6.45, 7) is 2.51. The molecule has 5 nitrogen and oxygen atoms in total. The monoisotopic (exact) mass is 344 g/mol. The highest BCUT2D eigenvalue weighted by molar-refractivity contribution is 5.95. The van der Waals surface area contributed by atoms with E-state index < -0.39 is 0 Å². The number of rotatable bonds is 5. The molecule has 25 heavy (non-hydrogen) atoms. The van der Waals surface area contributed by atoms with E-state index in [1.165, 1.54) is 12.8 Å². The van der Waals surface area contributed by atoms with Crippen molar-refractivity contribution in [3.05, 3.63) is 29.8 Å². The Morgan fingerprint density at radius 3 is 2.40 bits per heavy atom. The summed E-state index contributed by atoms with van der Waals surface area (Å²) in [6.07, 6.45) is 8.23. The lowest BCUT2D eigenvalue weighted by atomic mass is 10.1. The molecule has 2 fully saturated rings. The number of carbonyl (C=O) groups is 2. The van der Waals surface area contributed by atoms with Gasteiger partial charge in [0.05, 0.1) is 6.10 Å². The molecule has 2 saturated heterocycles. The quantitative estimate of drug-likeness (QED) is 0.888. The Labute approximate surface area is 149 Å². The molecular formula is C20H28N2O3. The topological polar surface area (TPSA) is 58.6 Å². The zero-order valence-electron chi connectivity index (χ0n) is 14.8. The fourth-order valence-electron chi connectivity index (χ4n) is 3.54. The van der Waals surface area contributed by atoms with E-state index in [2.05, 4.69) is 5.32 Å². The van der Waals surface area contributed by atoms with Crippen molar-refractivity contribution in [2.75, 3.05) is 25.0 Å². The zero-order valence-corrected chi connectivity index (χ0v) is 14.8. The van der Waals surface area contributed by atoms with E-state index >= 15 is 0 Å². The predicted molar refractivity (Wildman–Crippen MR) is 97.7 cm³/mol. The highest BCUT2D eigenvalue weighted by Crippen LogP contribution is 2.18. The molecule has 1 aromatic rings. The molecule has 1 aromatic carbocycles. The summed E-state index contributed by atoms with van der Waals surface area (Å²) in [7, 11) is 0. The van der Waals surface area contributed by atoms with Gasteiger partial charge in [-0.1, -0.05) is 12.8 Å². The van der Waals surface area contributed by atoms with Crippen molar-refractivity contribution in [2.45, 2.75) is 57.5 Å². The maximum atomic E-state index is 12.6. The Morgan fingerprint density at radius 1 is 1.04 bits per heavy atom. The van der Waals surface area contributed by atoms with Crippen LogP contribution in [0, 0.1) is 0 Å². The number of hydrogen-bond donors (Lipinski definition) is 1. The van der Waals surface area contributed by atoms with Gasteiger partial charge in [-0.2, -0.15) is 0 Å². The maximum absolute atomic E-state index is 12.6.